The van der Waals surface area contributed by atoms with E-state index in [0.717, 1.165) is 52.2 Å². The number of aromatic nitrogens is 2. The number of likely N-dealkylation sites (tertiary alicyclic amines) is 1. The Morgan fingerprint density at radius 2 is 2.03 bits per heavy atom. The highest BCUT2D eigenvalue weighted by atomic mass is 32.1. The maximum Gasteiger partial charge on any atom is 0.261 e. The fraction of sp³-hybridized carbons (Fsp3) is 0.320. The molecule has 0 aliphatic carbocycles. The number of carbonyl (C=O) groups is 1. The summed E-state index contributed by atoms with van der Waals surface area (Å²) in [6, 6.07) is 14.5. The van der Waals surface area contributed by atoms with Gasteiger partial charge >= 0.3 is 0 Å². The number of hydrogen-bond acceptors (Lipinski definition) is 6. The van der Waals surface area contributed by atoms with Gasteiger partial charge in [-0.3, -0.25) is 14.7 Å². The molecule has 0 bridgehead atoms. The van der Waals surface area contributed by atoms with Crippen molar-refractivity contribution in [1.82, 2.24) is 20.2 Å². The fourth-order valence-electron chi connectivity index (χ4n) is 4.62. The van der Waals surface area contributed by atoms with E-state index in [9.17, 15) is 4.79 Å². The molecular formula is C25H26N4O2S. The van der Waals surface area contributed by atoms with E-state index in [4.69, 9.17) is 4.74 Å². The summed E-state index contributed by atoms with van der Waals surface area (Å²) in [5.41, 5.74) is 3.48. The number of para-hydroxylation sites is 1. The summed E-state index contributed by atoms with van der Waals surface area (Å²) in [6.07, 6.45) is 4.72. The number of rotatable bonds is 7. The number of benzene rings is 1. The van der Waals surface area contributed by atoms with Crippen LogP contribution in [0.1, 0.15) is 33.1 Å². The molecule has 1 aliphatic heterocycles. The van der Waals surface area contributed by atoms with Crippen molar-refractivity contribution in [2.75, 3.05) is 33.4 Å². The van der Waals surface area contributed by atoms with E-state index in [-0.39, 0.29) is 5.91 Å². The zero-order valence-corrected chi connectivity index (χ0v) is 18.9. The summed E-state index contributed by atoms with van der Waals surface area (Å²) in [6.45, 7) is 3.82. The molecule has 0 radical (unpaired) electrons. The lowest BCUT2D eigenvalue weighted by Crippen LogP contribution is -2.27. The van der Waals surface area contributed by atoms with Crippen LogP contribution in [0.25, 0.3) is 21.1 Å². The van der Waals surface area contributed by atoms with Crippen molar-refractivity contribution < 1.29 is 9.53 Å². The van der Waals surface area contributed by atoms with Gasteiger partial charge in [0.2, 0.25) is 0 Å². The van der Waals surface area contributed by atoms with Crippen molar-refractivity contribution in [1.29, 1.82) is 0 Å². The largest absolute Gasteiger partial charge is 0.383 e. The van der Waals surface area contributed by atoms with Crippen LogP contribution in [0, 0.1) is 0 Å². The van der Waals surface area contributed by atoms with Crippen molar-refractivity contribution in [3.8, 4) is 0 Å². The normalized spacial score (nSPS) is 16.7. The smallest absolute Gasteiger partial charge is 0.261 e. The summed E-state index contributed by atoms with van der Waals surface area (Å²) in [7, 11) is 1.64. The molecule has 1 amide bonds. The van der Waals surface area contributed by atoms with Crippen molar-refractivity contribution in [3.63, 3.8) is 0 Å². The van der Waals surface area contributed by atoms with Crippen LogP contribution in [0.2, 0.25) is 0 Å². The SMILES string of the molecule is COCCNC(=O)c1sc2ncccc2c1C1CCN(Cc2ccnc3ccccc23)C1. The van der Waals surface area contributed by atoms with Crippen molar-refractivity contribution in [2.24, 2.45) is 0 Å². The Labute approximate surface area is 191 Å². The van der Waals surface area contributed by atoms with E-state index in [2.05, 4.69) is 50.5 Å². The molecule has 5 rings (SSSR count). The van der Waals surface area contributed by atoms with E-state index in [1.807, 2.05) is 18.3 Å². The number of amides is 1. The summed E-state index contributed by atoms with van der Waals surface area (Å²) in [4.78, 5) is 26.2. The maximum atomic E-state index is 13.0. The topological polar surface area (TPSA) is 67.3 Å². The van der Waals surface area contributed by atoms with E-state index in [1.165, 1.54) is 22.3 Å². The molecule has 4 aromatic rings. The van der Waals surface area contributed by atoms with Gasteiger partial charge in [-0.2, -0.15) is 0 Å². The molecule has 1 N–H and O–H groups in total. The molecule has 7 heteroatoms. The lowest BCUT2D eigenvalue weighted by Gasteiger charge is -2.18. The van der Waals surface area contributed by atoms with Gasteiger partial charge in [0.15, 0.2) is 0 Å². The molecule has 1 saturated heterocycles. The van der Waals surface area contributed by atoms with Gasteiger partial charge in [0.05, 0.1) is 17.0 Å². The van der Waals surface area contributed by atoms with Gasteiger partial charge in [0, 0.05) is 55.8 Å². The zero-order valence-electron chi connectivity index (χ0n) is 18.1. The molecule has 1 unspecified atom stereocenters. The monoisotopic (exact) mass is 446 g/mol. The number of carbonyl (C=O) groups excluding carboxylic acids is 1. The number of nitrogens with one attached hydrogen (secondary N) is 1. The molecule has 1 atom stereocenters. The van der Waals surface area contributed by atoms with Gasteiger partial charge in [0.1, 0.15) is 4.83 Å². The number of hydrogen-bond donors (Lipinski definition) is 1. The third-order valence-corrected chi connectivity index (χ3v) is 7.24. The third-order valence-electron chi connectivity index (χ3n) is 6.12. The average Bonchev–Trinajstić information content (AvgIpc) is 3.44. The Morgan fingerprint density at radius 1 is 1.16 bits per heavy atom. The Morgan fingerprint density at radius 3 is 2.94 bits per heavy atom. The lowest BCUT2D eigenvalue weighted by atomic mass is 9.95. The summed E-state index contributed by atoms with van der Waals surface area (Å²) >= 11 is 1.49. The second-order valence-corrected chi connectivity index (χ2v) is 9.16. The van der Waals surface area contributed by atoms with Gasteiger partial charge in [-0.25, -0.2) is 4.98 Å². The predicted molar refractivity (Wildman–Crippen MR) is 128 cm³/mol. The van der Waals surface area contributed by atoms with Crippen LogP contribution in [0.4, 0.5) is 0 Å². The van der Waals surface area contributed by atoms with Gasteiger partial charge in [0.25, 0.3) is 5.91 Å². The highest BCUT2D eigenvalue weighted by molar-refractivity contribution is 7.20. The minimum absolute atomic E-state index is 0.0290. The molecule has 6 nitrogen and oxygen atoms in total. The van der Waals surface area contributed by atoms with E-state index in [1.54, 1.807) is 13.3 Å². The highest BCUT2D eigenvalue weighted by Crippen LogP contribution is 2.39. The van der Waals surface area contributed by atoms with Crippen molar-refractivity contribution in [2.45, 2.75) is 18.9 Å². The molecule has 0 spiro atoms. The number of ether oxygens (including phenoxy) is 1. The minimum Gasteiger partial charge on any atom is -0.383 e. The average molecular weight is 447 g/mol. The van der Waals surface area contributed by atoms with Crippen LogP contribution in [0.3, 0.4) is 0 Å². The first-order valence-electron chi connectivity index (χ1n) is 10.9. The molecule has 164 valence electrons. The van der Waals surface area contributed by atoms with Crippen LogP contribution in [0.15, 0.2) is 54.9 Å². The molecule has 1 aliphatic rings. The first kappa shape index (κ1) is 21.0. The molecular weight excluding hydrogens is 420 g/mol. The highest BCUT2D eigenvalue weighted by Gasteiger charge is 2.31. The lowest BCUT2D eigenvalue weighted by molar-refractivity contribution is 0.0940. The van der Waals surface area contributed by atoms with Crippen molar-refractivity contribution in [3.05, 3.63) is 70.9 Å². The minimum atomic E-state index is -0.0290. The van der Waals surface area contributed by atoms with Crippen LogP contribution in [-0.2, 0) is 11.3 Å². The molecule has 0 saturated carbocycles. The Hall–Kier alpha value is -2.87. The summed E-state index contributed by atoms with van der Waals surface area (Å²) in [5.74, 6) is 0.280. The Bertz CT molecular complexity index is 1250. The molecule has 1 aromatic carbocycles. The number of pyridine rings is 2. The van der Waals surface area contributed by atoms with E-state index >= 15 is 0 Å². The molecule has 1 fully saturated rings. The second kappa shape index (κ2) is 9.32. The number of fused-ring (bicyclic) bond motifs is 2. The number of thiophene rings is 1. The number of methoxy groups -OCH3 is 1. The Kier molecular flexibility index (Phi) is 6.12. The van der Waals surface area contributed by atoms with E-state index in [0.29, 0.717) is 19.1 Å². The molecule has 3 aromatic heterocycles. The third kappa shape index (κ3) is 4.11. The van der Waals surface area contributed by atoms with Crippen molar-refractivity contribution >= 4 is 38.4 Å². The van der Waals surface area contributed by atoms with Gasteiger partial charge < -0.3 is 10.1 Å². The Balaban J connectivity index is 1.40. The second-order valence-electron chi connectivity index (χ2n) is 8.16. The quantitative estimate of drug-likeness (QED) is 0.431. The predicted octanol–water partition coefficient (Wildman–Crippen LogP) is 4.21. The van der Waals surface area contributed by atoms with Gasteiger partial charge in [-0.1, -0.05) is 24.3 Å². The van der Waals surface area contributed by atoms with Crippen LogP contribution in [-0.4, -0.2) is 54.1 Å². The fourth-order valence-corrected chi connectivity index (χ4v) is 5.76. The van der Waals surface area contributed by atoms with Crippen LogP contribution < -0.4 is 5.32 Å². The standard InChI is InChI=1S/C25H26N4O2S/c1-31-14-12-27-24(30)23-22(20-6-4-10-28-25(20)32-23)18-9-13-29(16-18)15-17-8-11-26-21-7-3-2-5-19(17)21/h2-8,10-11,18H,9,12-16H2,1H3,(H,27,30). The summed E-state index contributed by atoms with van der Waals surface area (Å²) in [5, 5.41) is 5.31. The summed E-state index contributed by atoms with van der Waals surface area (Å²) < 4.78 is 5.08. The molecule has 32 heavy (non-hydrogen) atoms. The van der Waals surface area contributed by atoms with Crippen LogP contribution >= 0.6 is 11.3 Å². The first-order valence-corrected chi connectivity index (χ1v) is 11.8. The number of nitrogens with zero attached hydrogens (tertiary/aromatic N) is 3. The first-order chi connectivity index (χ1) is 15.7. The maximum absolute atomic E-state index is 13.0. The van der Waals surface area contributed by atoms with Gasteiger partial charge in [-0.05, 0) is 42.3 Å². The van der Waals surface area contributed by atoms with Crippen LogP contribution in [0.5, 0.6) is 0 Å². The zero-order chi connectivity index (χ0) is 21.9. The molecule has 4 heterocycles. The van der Waals surface area contributed by atoms with Gasteiger partial charge in [-0.15, -0.1) is 11.3 Å². The van der Waals surface area contributed by atoms with E-state index < -0.39 is 0 Å².